The van der Waals surface area contributed by atoms with E-state index in [1.54, 1.807) is 72.8 Å². The topological polar surface area (TPSA) is 217 Å². The van der Waals surface area contributed by atoms with Crippen molar-refractivity contribution in [3.8, 4) is 11.1 Å². The Morgan fingerprint density at radius 3 is 1.12 bits per heavy atom. The average molecular weight is 705 g/mol. The van der Waals surface area contributed by atoms with Crippen molar-refractivity contribution in [2.24, 2.45) is 30.4 Å². The van der Waals surface area contributed by atoms with Crippen molar-refractivity contribution >= 4 is 88.1 Å². The molecule has 0 aromatic heterocycles. The lowest BCUT2D eigenvalue weighted by Crippen LogP contribution is -1.99. The Morgan fingerprint density at radius 2 is 0.800 bits per heavy atom. The van der Waals surface area contributed by atoms with Crippen LogP contribution in [0.3, 0.4) is 0 Å². The van der Waals surface area contributed by atoms with Gasteiger partial charge in [-0.1, -0.05) is 72.8 Å². The Balaban J connectivity index is 1.27. The molecule has 14 nitrogen and oxygen atoms in total. The monoisotopic (exact) mass is 704 g/mol. The molecule has 6 aromatic carbocycles. The lowest BCUT2D eigenvalue weighted by molar-refractivity contribution is 0.482. The average Bonchev–Trinajstić information content (AvgIpc) is 3.10. The molecule has 0 amide bonds. The molecule has 6 rings (SSSR count). The molecule has 0 unspecified atom stereocenters. The zero-order valence-corrected chi connectivity index (χ0v) is 26.9. The van der Waals surface area contributed by atoms with Gasteiger partial charge in [0.05, 0.1) is 11.4 Å². The van der Waals surface area contributed by atoms with Crippen molar-refractivity contribution in [3.63, 3.8) is 0 Å². The van der Waals surface area contributed by atoms with E-state index in [-0.39, 0.29) is 44.3 Å². The molecule has 0 radical (unpaired) electrons. The van der Waals surface area contributed by atoms with Crippen molar-refractivity contribution in [2.75, 3.05) is 0 Å². The first-order chi connectivity index (χ1) is 24.0. The summed E-state index contributed by atoms with van der Waals surface area (Å²) in [6.45, 7) is 0. The van der Waals surface area contributed by atoms with Crippen LogP contribution < -0.4 is 0 Å². The maximum atomic E-state index is 12.1. The van der Waals surface area contributed by atoms with Gasteiger partial charge in [-0.05, 0) is 47.5 Å². The van der Waals surface area contributed by atoms with Crippen LogP contribution in [0.2, 0.25) is 0 Å². The first-order valence-corrected chi connectivity index (χ1v) is 17.1. The quantitative estimate of drug-likeness (QED) is 0.0639. The largest absolute Gasteiger partial charge is 0.295 e. The second kappa shape index (κ2) is 13.6. The molecule has 0 atom stereocenters. The molecule has 2 N–H and O–H groups in total. The molecule has 0 bridgehead atoms. The van der Waals surface area contributed by atoms with E-state index in [1.807, 2.05) is 0 Å². The summed E-state index contributed by atoms with van der Waals surface area (Å²) >= 11 is 0. The Kier molecular flexibility index (Phi) is 9.13. The highest BCUT2D eigenvalue weighted by atomic mass is 32.2. The van der Waals surface area contributed by atoms with E-state index in [0.29, 0.717) is 11.4 Å². The fourth-order valence-corrected chi connectivity index (χ4v) is 6.63. The highest BCUT2D eigenvalue weighted by Gasteiger charge is 2.21. The predicted octanol–water partition coefficient (Wildman–Crippen LogP) is 8.92. The van der Waals surface area contributed by atoms with Crippen molar-refractivity contribution in [1.29, 1.82) is 0 Å². The zero-order chi connectivity index (χ0) is 35.5. The van der Waals surface area contributed by atoms with Gasteiger partial charge in [-0.3, -0.25) is 9.11 Å². The van der Waals surface area contributed by atoms with Crippen LogP contribution in [-0.4, -0.2) is 38.1 Å². The third kappa shape index (κ3) is 6.92. The van der Waals surface area contributed by atoms with Crippen molar-refractivity contribution in [3.05, 3.63) is 109 Å². The van der Waals surface area contributed by atoms with E-state index in [9.17, 15) is 35.5 Å². The van der Waals surface area contributed by atoms with Crippen LogP contribution in [0.25, 0.3) is 32.7 Å². The van der Waals surface area contributed by atoms with Crippen LogP contribution >= 0.6 is 0 Å². The van der Waals surface area contributed by atoms with Gasteiger partial charge >= 0.3 is 0 Å². The number of isocyanates is 2. The summed E-state index contributed by atoms with van der Waals surface area (Å²) in [5.41, 5.74) is 2.26. The standard InChI is InChI=1S/C34H20N6O8S2/c41-19-35-33-27-7-3-1-5-25(27)31(49(43,44)45)17-29(33)39-37-23-13-9-21(10-14-23)22-11-15-24(16-12-22)38-40-30-18-32(50(46,47)48)26-6-2-4-8-28(26)34(30)36-20-42/h1-18H,(H,43,44,45)(H,46,47,48). The summed E-state index contributed by atoms with van der Waals surface area (Å²) in [5, 5.41) is 17.4. The van der Waals surface area contributed by atoms with Gasteiger partial charge in [0.1, 0.15) is 32.5 Å². The van der Waals surface area contributed by atoms with E-state index in [1.165, 1.54) is 36.4 Å². The summed E-state index contributed by atoms with van der Waals surface area (Å²) in [4.78, 5) is 28.9. The van der Waals surface area contributed by atoms with Gasteiger partial charge in [0.25, 0.3) is 20.2 Å². The van der Waals surface area contributed by atoms with Gasteiger partial charge in [0, 0.05) is 21.5 Å². The fraction of sp³-hybridized carbons (Fsp3) is 0. The third-order valence-electron chi connectivity index (χ3n) is 7.40. The first kappa shape index (κ1) is 33.5. The van der Waals surface area contributed by atoms with Crippen molar-refractivity contribution < 1.29 is 35.5 Å². The molecule has 16 heteroatoms. The Morgan fingerprint density at radius 1 is 0.460 bits per heavy atom. The number of carbonyl (C=O) groups excluding carboxylic acids is 2. The maximum absolute atomic E-state index is 12.1. The van der Waals surface area contributed by atoms with Crippen LogP contribution in [0.1, 0.15) is 0 Å². The van der Waals surface area contributed by atoms with E-state index in [0.717, 1.165) is 23.3 Å². The zero-order valence-electron chi connectivity index (χ0n) is 25.2. The molecule has 0 saturated heterocycles. The highest BCUT2D eigenvalue weighted by molar-refractivity contribution is 7.86. The number of nitrogens with zero attached hydrogens (tertiary/aromatic N) is 6. The predicted molar refractivity (Wildman–Crippen MR) is 183 cm³/mol. The maximum Gasteiger partial charge on any atom is 0.295 e. The molecule has 246 valence electrons. The van der Waals surface area contributed by atoms with Crippen LogP contribution in [0.5, 0.6) is 0 Å². The molecule has 0 spiro atoms. The van der Waals surface area contributed by atoms with Crippen molar-refractivity contribution in [1.82, 2.24) is 0 Å². The normalized spacial score (nSPS) is 12.0. The molecule has 6 aromatic rings. The number of azo groups is 2. The smallest absolute Gasteiger partial charge is 0.282 e. The third-order valence-corrected chi connectivity index (χ3v) is 9.19. The minimum Gasteiger partial charge on any atom is -0.282 e. The fourth-order valence-electron chi connectivity index (χ4n) is 5.20. The van der Waals surface area contributed by atoms with Crippen LogP contribution in [0.4, 0.5) is 34.1 Å². The minimum atomic E-state index is -4.65. The molecule has 0 fully saturated rings. The molecule has 0 saturated carbocycles. The van der Waals surface area contributed by atoms with E-state index >= 15 is 0 Å². The Hall–Kier alpha value is -6.38. The SMILES string of the molecule is O=C=Nc1c(N=Nc2ccc(-c3ccc(N=Nc4cc(S(=O)(=O)O)c5ccccc5c4N=C=O)cc3)cc2)cc(S(=O)(=O)O)c2ccccc12. The van der Waals surface area contributed by atoms with Gasteiger partial charge in [-0.2, -0.15) is 37.0 Å². The molecule has 0 aliphatic rings. The molecular formula is C34H20N6O8S2. The van der Waals surface area contributed by atoms with Gasteiger partial charge in [-0.25, -0.2) is 9.59 Å². The minimum absolute atomic E-state index is 0.0350. The Labute approximate surface area is 283 Å². The highest BCUT2D eigenvalue weighted by Crippen LogP contribution is 2.42. The number of fused-ring (bicyclic) bond motifs is 2. The summed E-state index contributed by atoms with van der Waals surface area (Å²) in [7, 11) is -9.29. The summed E-state index contributed by atoms with van der Waals surface area (Å²) in [5.74, 6) is 0. The number of aliphatic imine (C=N–C) groups is 2. The molecule has 0 heterocycles. The molecular weight excluding hydrogens is 685 g/mol. The van der Waals surface area contributed by atoms with Crippen LogP contribution in [0.15, 0.2) is 149 Å². The van der Waals surface area contributed by atoms with Crippen LogP contribution in [-0.2, 0) is 29.8 Å². The van der Waals surface area contributed by atoms with E-state index in [2.05, 4.69) is 30.4 Å². The second-order valence-electron chi connectivity index (χ2n) is 10.4. The van der Waals surface area contributed by atoms with Crippen molar-refractivity contribution in [2.45, 2.75) is 9.79 Å². The molecule has 0 aliphatic heterocycles. The summed E-state index contributed by atoms with van der Waals surface area (Å²) in [6.07, 6.45) is 2.88. The number of hydrogen-bond donors (Lipinski definition) is 2. The van der Waals surface area contributed by atoms with Gasteiger partial charge in [0.2, 0.25) is 12.2 Å². The van der Waals surface area contributed by atoms with Gasteiger partial charge in [0.15, 0.2) is 0 Å². The van der Waals surface area contributed by atoms with Gasteiger partial charge < -0.3 is 0 Å². The Bertz CT molecular complexity index is 2510. The summed E-state index contributed by atoms with van der Waals surface area (Å²) < 4.78 is 67.9. The van der Waals surface area contributed by atoms with E-state index < -0.39 is 30.0 Å². The summed E-state index contributed by atoms with van der Waals surface area (Å²) in [6, 6.07) is 28.2. The lowest BCUT2D eigenvalue weighted by Gasteiger charge is -2.09. The van der Waals surface area contributed by atoms with Gasteiger partial charge in [-0.15, -0.1) is 10.2 Å². The number of benzene rings is 6. The number of hydrogen-bond acceptors (Lipinski definition) is 12. The van der Waals surface area contributed by atoms with Crippen LogP contribution in [0, 0.1) is 0 Å². The molecule has 50 heavy (non-hydrogen) atoms. The number of rotatable bonds is 9. The van der Waals surface area contributed by atoms with E-state index in [4.69, 9.17) is 0 Å². The lowest BCUT2D eigenvalue weighted by atomic mass is 10.1. The second-order valence-corrected chi connectivity index (χ2v) is 13.2. The first-order valence-electron chi connectivity index (χ1n) is 14.2. The molecule has 0 aliphatic carbocycles.